The molecule has 14 heavy (non-hydrogen) atoms. The smallest absolute Gasteiger partial charge is 0 e. The molecule has 1 aliphatic heterocycles. The quantitative estimate of drug-likeness (QED) is 0.761. The van der Waals surface area contributed by atoms with Crippen LogP contribution in [-0.2, 0) is 6.42 Å². The number of hydrogen-bond donors (Lipinski definition) is 1. The monoisotopic (exact) mass is 193 g/mol. The van der Waals surface area contributed by atoms with Gasteiger partial charge in [0.15, 0.2) is 0 Å². The van der Waals surface area contributed by atoms with E-state index in [1.807, 2.05) is 0 Å². The van der Waals surface area contributed by atoms with Crippen molar-refractivity contribution in [2.45, 2.75) is 20.8 Å². The minimum Gasteiger partial charge on any atom is -0.316 e. The zero-order valence-electron chi connectivity index (χ0n) is 8.16. The summed E-state index contributed by atoms with van der Waals surface area (Å²) >= 11 is 0. The first-order valence-electron chi connectivity index (χ1n) is 5.11. The van der Waals surface area contributed by atoms with Crippen molar-refractivity contribution in [2.75, 3.05) is 13.1 Å². The standard InChI is InChI=1S/C12H17N.CH4.H2/c1-10-8-13-9-12(10)7-11-5-3-2-4-6-11;;/h2-6,10,12-13H,7-9H2,1H3;1H4;1H/t10?,12-;;/m0../s1. The van der Waals surface area contributed by atoms with E-state index >= 15 is 0 Å². The van der Waals surface area contributed by atoms with Crippen LogP contribution in [0.4, 0.5) is 0 Å². The lowest BCUT2D eigenvalue weighted by Gasteiger charge is -2.13. The summed E-state index contributed by atoms with van der Waals surface area (Å²) in [6, 6.07) is 10.8. The van der Waals surface area contributed by atoms with Gasteiger partial charge in [-0.3, -0.25) is 0 Å². The first-order valence-corrected chi connectivity index (χ1v) is 5.11. The van der Waals surface area contributed by atoms with E-state index in [9.17, 15) is 0 Å². The van der Waals surface area contributed by atoms with Gasteiger partial charge >= 0.3 is 0 Å². The van der Waals surface area contributed by atoms with E-state index in [1.165, 1.54) is 25.1 Å². The molecule has 0 saturated carbocycles. The van der Waals surface area contributed by atoms with Gasteiger partial charge in [0.2, 0.25) is 0 Å². The SMILES string of the molecule is C.CC1CNC[C@@H]1Cc1ccccc1.[HH]. The van der Waals surface area contributed by atoms with E-state index in [1.54, 1.807) is 0 Å². The minimum absolute atomic E-state index is 0. The summed E-state index contributed by atoms with van der Waals surface area (Å²) in [6.45, 7) is 4.72. The molecular formula is C13H23N. The van der Waals surface area contributed by atoms with E-state index in [2.05, 4.69) is 42.6 Å². The number of benzene rings is 1. The molecule has 0 spiro atoms. The Balaban J connectivity index is 0.000000980. The van der Waals surface area contributed by atoms with E-state index in [0.29, 0.717) is 0 Å². The molecule has 80 valence electrons. The Kier molecular flexibility index (Phi) is 4.15. The summed E-state index contributed by atoms with van der Waals surface area (Å²) in [4.78, 5) is 0. The Bertz CT molecular complexity index is 260. The van der Waals surface area contributed by atoms with Gasteiger partial charge in [0.1, 0.15) is 0 Å². The second-order valence-electron chi connectivity index (χ2n) is 4.09. The van der Waals surface area contributed by atoms with Crippen LogP contribution >= 0.6 is 0 Å². The summed E-state index contributed by atoms with van der Waals surface area (Å²) in [5.41, 5.74) is 1.48. The van der Waals surface area contributed by atoms with Gasteiger partial charge in [-0.05, 0) is 36.9 Å². The van der Waals surface area contributed by atoms with Crippen molar-refractivity contribution < 1.29 is 1.43 Å². The molecule has 2 atom stereocenters. The molecule has 0 radical (unpaired) electrons. The molecule has 1 aliphatic rings. The van der Waals surface area contributed by atoms with Crippen molar-refractivity contribution in [2.24, 2.45) is 11.8 Å². The van der Waals surface area contributed by atoms with Crippen LogP contribution in [-0.4, -0.2) is 13.1 Å². The maximum Gasteiger partial charge on any atom is 0 e. The predicted molar refractivity (Wildman–Crippen MR) is 64.5 cm³/mol. The summed E-state index contributed by atoms with van der Waals surface area (Å²) < 4.78 is 0. The van der Waals surface area contributed by atoms with Gasteiger partial charge in [-0.15, -0.1) is 0 Å². The molecule has 0 amide bonds. The normalized spacial score (nSPS) is 25.8. The van der Waals surface area contributed by atoms with Gasteiger partial charge in [-0.1, -0.05) is 44.7 Å². The van der Waals surface area contributed by atoms with E-state index in [0.717, 1.165) is 11.8 Å². The molecule has 1 heteroatoms. The minimum atomic E-state index is 0. The van der Waals surface area contributed by atoms with Gasteiger partial charge in [0.25, 0.3) is 0 Å². The molecule has 1 nitrogen and oxygen atoms in total. The lowest BCUT2D eigenvalue weighted by Crippen LogP contribution is -2.12. The topological polar surface area (TPSA) is 12.0 Å². The van der Waals surface area contributed by atoms with Crippen molar-refractivity contribution in [3.05, 3.63) is 35.9 Å². The van der Waals surface area contributed by atoms with Crippen LogP contribution in [0.2, 0.25) is 0 Å². The zero-order chi connectivity index (χ0) is 9.10. The molecule has 1 aromatic carbocycles. The van der Waals surface area contributed by atoms with Crippen molar-refractivity contribution in [3.63, 3.8) is 0 Å². The largest absolute Gasteiger partial charge is 0.316 e. The lowest BCUT2D eigenvalue weighted by molar-refractivity contribution is 0.451. The highest BCUT2D eigenvalue weighted by Gasteiger charge is 2.22. The summed E-state index contributed by atoms with van der Waals surface area (Å²) in [7, 11) is 0. The Hall–Kier alpha value is -0.820. The van der Waals surface area contributed by atoms with Crippen LogP contribution in [0.1, 0.15) is 21.3 Å². The molecular weight excluding hydrogens is 170 g/mol. The van der Waals surface area contributed by atoms with Gasteiger partial charge in [0, 0.05) is 1.43 Å². The Morgan fingerprint density at radius 2 is 2.00 bits per heavy atom. The highest BCUT2D eigenvalue weighted by atomic mass is 14.9. The van der Waals surface area contributed by atoms with Gasteiger partial charge < -0.3 is 5.32 Å². The summed E-state index contributed by atoms with van der Waals surface area (Å²) in [5.74, 6) is 1.67. The summed E-state index contributed by atoms with van der Waals surface area (Å²) in [6.07, 6.45) is 1.23. The number of rotatable bonds is 2. The van der Waals surface area contributed by atoms with Gasteiger partial charge in [-0.2, -0.15) is 0 Å². The third kappa shape index (κ3) is 2.58. The highest BCUT2D eigenvalue weighted by Crippen LogP contribution is 2.20. The molecule has 1 fully saturated rings. The fraction of sp³-hybridized carbons (Fsp3) is 0.538. The predicted octanol–water partition coefficient (Wildman–Crippen LogP) is 2.97. The highest BCUT2D eigenvalue weighted by molar-refractivity contribution is 5.15. The molecule has 1 unspecified atom stereocenters. The molecule has 1 saturated heterocycles. The van der Waals surface area contributed by atoms with Gasteiger partial charge in [0.05, 0.1) is 0 Å². The van der Waals surface area contributed by atoms with Crippen LogP contribution in [0.25, 0.3) is 0 Å². The average Bonchev–Trinajstić information content (AvgIpc) is 2.54. The molecule has 0 aromatic heterocycles. The molecule has 0 bridgehead atoms. The van der Waals surface area contributed by atoms with E-state index in [-0.39, 0.29) is 8.85 Å². The van der Waals surface area contributed by atoms with Crippen LogP contribution in [0, 0.1) is 11.8 Å². The van der Waals surface area contributed by atoms with Crippen LogP contribution < -0.4 is 5.32 Å². The molecule has 1 N–H and O–H groups in total. The van der Waals surface area contributed by atoms with Crippen LogP contribution in [0.15, 0.2) is 30.3 Å². The Morgan fingerprint density at radius 1 is 1.29 bits per heavy atom. The fourth-order valence-corrected chi connectivity index (χ4v) is 2.05. The number of nitrogens with one attached hydrogen (secondary N) is 1. The van der Waals surface area contributed by atoms with Crippen molar-refractivity contribution in [3.8, 4) is 0 Å². The molecule has 0 aliphatic carbocycles. The third-order valence-corrected chi connectivity index (χ3v) is 3.02. The lowest BCUT2D eigenvalue weighted by atomic mass is 9.91. The van der Waals surface area contributed by atoms with E-state index in [4.69, 9.17) is 0 Å². The molecule has 1 heterocycles. The maximum atomic E-state index is 3.44. The Morgan fingerprint density at radius 3 is 2.57 bits per heavy atom. The van der Waals surface area contributed by atoms with Crippen molar-refractivity contribution >= 4 is 0 Å². The summed E-state index contributed by atoms with van der Waals surface area (Å²) in [5, 5.41) is 3.44. The Labute approximate surface area is 89.0 Å². The molecule has 1 aromatic rings. The van der Waals surface area contributed by atoms with Crippen molar-refractivity contribution in [1.29, 1.82) is 0 Å². The second-order valence-corrected chi connectivity index (χ2v) is 4.09. The zero-order valence-corrected chi connectivity index (χ0v) is 8.16. The average molecular weight is 193 g/mol. The van der Waals surface area contributed by atoms with Crippen molar-refractivity contribution in [1.82, 2.24) is 5.32 Å². The number of hydrogen-bond acceptors (Lipinski definition) is 1. The van der Waals surface area contributed by atoms with Crippen LogP contribution in [0.3, 0.4) is 0 Å². The van der Waals surface area contributed by atoms with E-state index < -0.39 is 0 Å². The maximum absolute atomic E-state index is 3.44. The third-order valence-electron chi connectivity index (χ3n) is 3.02. The fourth-order valence-electron chi connectivity index (χ4n) is 2.05. The first kappa shape index (κ1) is 11.3. The van der Waals surface area contributed by atoms with Crippen LogP contribution in [0.5, 0.6) is 0 Å². The molecule has 2 rings (SSSR count). The second kappa shape index (κ2) is 5.16. The van der Waals surface area contributed by atoms with Gasteiger partial charge in [-0.25, -0.2) is 0 Å². The first-order chi connectivity index (χ1) is 6.36.